The number of primary amides is 1. The van der Waals surface area contributed by atoms with Gasteiger partial charge in [0, 0.05) is 25.3 Å². The molecule has 0 radical (unpaired) electrons. The SMILES string of the molecule is NC(=O)CC[C@H]1CN(c2ccc(C3CCOCC3)cc2)C(=O)O1. The number of cyclic esters (lactones) is 1. The number of nitrogens with zero attached hydrogens (tertiary/aromatic N) is 1. The molecule has 6 nitrogen and oxygen atoms in total. The van der Waals surface area contributed by atoms with Gasteiger partial charge in [-0.1, -0.05) is 12.1 Å². The van der Waals surface area contributed by atoms with E-state index in [0.29, 0.717) is 18.9 Å². The summed E-state index contributed by atoms with van der Waals surface area (Å²) in [7, 11) is 0. The molecule has 0 bridgehead atoms. The molecule has 2 fully saturated rings. The lowest BCUT2D eigenvalue weighted by Crippen LogP contribution is -2.25. The molecular weight excluding hydrogens is 296 g/mol. The highest BCUT2D eigenvalue weighted by Gasteiger charge is 2.32. The summed E-state index contributed by atoms with van der Waals surface area (Å²) in [5, 5.41) is 0. The second-order valence-electron chi connectivity index (χ2n) is 6.10. The summed E-state index contributed by atoms with van der Waals surface area (Å²) in [4.78, 5) is 24.4. The standard InChI is InChI=1S/C17H22N2O4/c18-16(20)6-5-15-11-19(17(21)23-15)14-3-1-12(2-4-14)13-7-9-22-10-8-13/h1-4,13,15H,5-11H2,(H2,18,20)/t15-/m0/s1. The van der Waals surface area contributed by atoms with Crippen LogP contribution in [-0.2, 0) is 14.3 Å². The zero-order valence-electron chi connectivity index (χ0n) is 13.1. The Morgan fingerprint density at radius 1 is 1.22 bits per heavy atom. The molecule has 0 saturated carbocycles. The summed E-state index contributed by atoms with van der Waals surface area (Å²) in [6.07, 6.45) is 2.15. The van der Waals surface area contributed by atoms with Crippen molar-refractivity contribution >= 4 is 17.7 Å². The van der Waals surface area contributed by atoms with Crippen molar-refractivity contribution in [1.82, 2.24) is 0 Å². The predicted molar refractivity (Wildman–Crippen MR) is 85.3 cm³/mol. The molecule has 3 rings (SSSR count). The summed E-state index contributed by atoms with van der Waals surface area (Å²) in [6.45, 7) is 2.08. The third-order valence-electron chi connectivity index (χ3n) is 4.48. The molecule has 1 aromatic carbocycles. The van der Waals surface area contributed by atoms with Gasteiger partial charge >= 0.3 is 6.09 Å². The highest BCUT2D eigenvalue weighted by Crippen LogP contribution is 2.30. The molecule has 2 aliphatic heterocycles. The second-order valence-corrected chi connectivity index (χ2v) is 6.10. The first-order chi connectivity index (χ1) is 11.1. The Hall–Kier alpha value is -2.08. The fraction of sp³-hybridized carbons (Fsp3) is 0.529. The van der Waals surface area contributed by atoms with E-state index in [1.165, 1.54) is 5.56 Å². The number of ether oxygens (including phenoxy) is 2. The minimum Gasteiger partial charge on any atom is -0.444 e. The minimum absolute atomic E-state index is 0.231. The third-order valence-corrected chi connectivity index (χ3v) is 4.48. The molecular formula is C17H22N2O4. The maximum atomic E-state index is 12.0. The zero-order chi connectivity index (χ0) is 16.2. The molecule has 2 aliphatic rings. The Morgan fingerprint density at radius 3 is 2.57 bits per heavy atom. The summed E-state index contributed by atoms with van der Waals surface area (Å²) < 4.78 is 10.7. The van der Waals surface area contributed by atoms with Crippen molar-refractivity contribution in [1.29, 1.82) is 0 Å². The van der Waals surface area contributed by atoms with Gasteiger partial charge in [0.25, 0.3) is 0 Å². The van der Waals surface area contributed by atoms with Gasteiger partial charge in [-0.2, -0.15) is 0 Å². The van der Waals surface area contributed by atoms with Crippen molar-refractivity contribution in [2.45, 2.75) is 37.7 Å². The van der Waals surface area contributed by atoms with Crippen molar-refractivity contribution < 1.29 is 19.1 Å². The van der Waals surface area contributed by atoms with Crippen LogP contribution < -0.4 is 10.6 Å². The molecule has 23 heavy (non-hydrogen) atoms. The van der Waals surface area contributed by atoms with Gasteiger partial charge in [0.2, 0.25) is 5.91 Å². The molecule has 0 aliphatic carbocycles. The van der Waals surface area contributed by atoms with Gasteiger partial charge in [-0.15, -0.1) is 0 Å². The topological polar surface area (TPSA) is 81.9 Å². The van der Waals surface area contributed by atoms with Crippen LogP contribution in [0.15, 0.2) is 24.3 Å². The van der Waals surface area contributed by atoms with Gasteiger partial charge in [0.15, 0.2) is 0 Å². The maximum Gasteiger partial charge on any atom is 0.414 e. The third kappa shape index (κ3) is 3.82. The quantitative estimate of drug-likeness (QED) is 0.902. The van der Waals surface area contributed by atoms with E-state index in [-0.39, 0.29) is 24.5 Å². The van der Waals surface area contributed by atoms with E-state index in [0.717, 1.165) is 31.7 Å². The van der Waals surface area contributed by atoms with Gasteiger partial charge in [0.05, 0.1) is 6.54 Å². The average molecular weight is 318 g/mol. The first-order valence-corrected chi connectivity index (χ1v) is 8.07. The number of amides is 2. The molecule has 6 heteroatoms. The van der Waals surface area contributed by atoms with Crippen molar-refractivity contribution in [3.63, 3.8) is 0 Å². The lowest BCUT2D eigenvalue weighted by molar-refractivity contribution is -0.118. The van der Waals surface area contributed by atoms with E-state index in [2.05, 4.69) is 12.1 Å². The second kappa shape index (κ2) is 7.00. The van der Waals surface area contributed by atoms with E-state index in [9.17, 15) is 9.59 Å². The summed E-state index contributed by atoms with van der Waals surface area (Å²) in [5.41, 5.74) is 7.25. The largest absolute Gasteiger partial charge is 0.444 e. The maximum absolute atomic E-state index is 12.0. The van der Waals surface area contributed by atoms with Crippen molar-refractivity contribution in [2.75, 3.05) is 24.7 Å². The molecule has 0 spiro atoms. The lowest BCUT2D eigenvalue weighted by Gasteiger charge is -2.23. The highest BCUT2D eigenvalue weighted by molar-refractivity contribution is 5.89. The van der Waals surface area contributed by atoms with Crippen LogP contribution in [0.4, 0.5) is 10.5 Å². The van der Waals surface area contributed by atoms with Crippen LogP contribution in [0.3, 0.4) is 0 Å². The Labute approximate surface area is 135 Å². The van der Waals surface area contributed by atoms with Gasteiger partial charge in [0.1, 0.15) is 6.10 Å². The number of carbonyl (C=O) groups is 2. The summed E-state index contributed by atoms with van der Waals surface area (Å²) in [5.74, 6) is 0.159. The molecule has 1 aromatic rings. The van der Waals surface area contributed by atoms with E-state index in [4.69, 9.17) is 15.2 Å². The Bertz CT molecular complexity index is 566. The monoisotopic (exact) mass is 318 g/mol. The minimum atomic E-state index is -0.375. The first-order valence-electron chi connectivity index (χ1n) is 8.07. The molecule has 2 amide bonds. The smallest absolute Gasteiger partial charge is 0.414 e. The number of rotatable bonds is 5. The highest BCUT2D eigenvalue weighted by atomic mass is 16.6. The van der Waals surface area contributed by atoms with Gasteiger partial charge in [-0.3, -0.25) is 9.69 Å². The first kappa shape index (κ1) is 15.8. The van der Waals surface area contributed by atoms with Crippen LogP contribution in [0.5, 0.6) is 0 Å². The molecule has 2 N–H and O–H groups in total. The van der Waals surface area contributed by atoms with E-state index in [1.54, 1.807) is 4.90 Å². The van der Waals surface area contributed by atoms with Crippen molar-refractivity contribution in [3.05, 3.63) is 29.8 Å². The summed E-state index contributed by atoms with van der Waals surface area (Å²) in [6, 6.07) is 8.08. The van der Waals surface area contributed by atoms with E-state index >= 15 is 0 Å². The predicted octanol–water partition coefficient (Wildman–Crippen LogP) is 2.17. The van der Waals surface area contributed by atoms with E-state index < -0.39 is 0 Å². The Kier molecular flexibility index (Phi) is 4.81. The fourth-order valence-corrected chi connectivity index (χ4v) is 3.14. The zero-order valence-corrected chi connectivity index (χ0v) is 13.1. The number of anilines is 1. The van der Waals surface area contributed by atoms with Crippen LogP contribution in [0.2, 0.25) is 0 Å². The number of hydrogen-bond acceptors (Lipinski definition) is 4. The molecule has 1 atom stereocenters. The molecule has 0 unspecified atom stereocenters. The van der Waals surface area contributed by atoms with Crippen LogP contribution in [0, 0.1) is 0 Å². The van der Waals surface area contributed by atoms with Crippen molar-refractivity contribution in [3.8, 4) is 0 Å². The van der Waals surface area contributed by atoms with Crippen LogP contribution in [0.25, 0.3) is 0 Å². The van der Waals surface area contributed by atoms with Gasteiger partial charge in [-0.05, 0) is 42.9 Å². The van der Waals surface area contributed by atoms with Crippen molar-refractivity contribution in [2.24, 2.45) is 5.73 Å². The Morgan fingerprint density at radius 2 is 1.91 bits per heavy atom. The number of hydrogen-bond donors (Lipinski definition) is 1. The normalized spacial score (nSPS) is 22.2. The van der Waals surface area contributed by atoms with Gasteiger partial charge in [-0.25, -0.2) is 4.79 Å². The fourth-order valence-electron chi connectivity index (χ4n) is 3.14. The van der Waals surface area contributed by atoms with Crippen LogP contribution in [0.1, 0.15) is 37.2 Å². The van der Waals surface area contributed by atoms with Crippen LogP contribution in [-0.4, -0.2) is 37.9 Å². The Balaban J connectivity index is 1.62. The van der Waals surface area contributed by atoms with Gasteiger partial charge < -0.3 is 15.2 Å². The molecule has 2 heterocycles. The molecule has 2 saturated heterocycles. The average Bonchev–Trinajstić information content (AvgIpc) is 2.95. The van der Waals surface area contributed by atoms with E-state index in [1.807, 2.05) is 12.1 Å². The number of carbonyl (C=O) groups excluding carboxylic acids is 2. The number of nitrogens with two attached hydrogens (primary N) is 1. The number of benzene rings is 1. The summed E-state index contributed by atoms with van der Waals surface area (Å²) >= 11 is 0. The van der Waals surface area contributed by atoms with Crippen LogP contribution >= 0.6 is 0 Å². The molecule has 124 valence electrons. The molecule has 0 aromatic heterocycles. The lowest BCUT2D eigenvalue weighted by atomic mass is 9.91.